The first-order valence-corrected chi connectivity index (χ1v) is 12.2. The Labute approximate surface area is 192 Å². The number of benzene rings is 3. The Kier molecular flexibility index (Phi) is 5.66. The molecule has 6 nitrogen and oxygen atoms in total. The van der Waals surface area contributed by atoms with Crippen LogP contribution in [0.4, 0.5) is 0 Å². The second-order valence-electron chi connectivity index (χ2n) is 7.73. The number of sulfonamides is 1. The molecule has 1 aromatic heterocycles. The summed E-state index contributed by atoms with van der Waals surface area (Å²) in [6, 6.07) is 20.8. The predicted molar refractivity (Wildman–Crippen MR) is 127 cm³/mol. The summed E-state index contributed by atoms with van der Waals surface area (Å²) >= 11 is 0. The van der Waals surface area contributed by atoms with Gasteiger partial charge in [0.05, 0.1) is 18.1 Å². The zero-order valence-corrected chi connectivity index (χ0v) is 18.7. The largest absolute Gasteiger partial charge is 0.490 e. The molecule has 0 radical (unpaired) electrons. The van der Waals surface area contributed by atoms with E-state index in [1.54, 1.807) is 12.1 Å². The van der Waals surface area contributed by atoms with Crippen LogP contribution in [-0.4, -0.2) is 21.6 Å². The average molecular weight is 462 g/mol. The minimum atomic E-state index is -3.94. The molecule has 2 heterocycles. The van der Waals surface area contributed by atoms with Crippen LogP contribution in [0.3, 0.4) is 0 Å². The van der Waals surface area contributed by atoms with E-state index in [2.05, 4.69) is 11.3 Å². The maximum Gasteiger partial charge on any atom is 0.241 e. The number of furan rings is 1. The molecule has 7 heteroatoms. The van der Waals surface area contributed by atoms with Crippen LogP contribution >= 0.6 is 0 Å². The Morgan fingerprint density at radius 3 is 2.48 bits per heavy atom. The van der Waals surface area contributed by atoms with Crippen LogP contribution in [0.25, 0.3) is 17.0 Å². The van der Waals surface area contributed by atoms with E-state index in [1.165, 1.54) is 12.1 Å². The lowest BCUT2D eigenvalue weighted by Gasteiger charge is -2.20. The fourth-order valence-electron chi connectivity index (χ4n) is 3.91. The zero-order chi connectivity index (χ0) is 22.8. The average Bonchev–Trinajstić information content (AvgIpc) is 3.12. The second-order valence-corrected chi connectivity index (χ2v) is 9.45. The van der Waals surface area contributed by atoms with Gasteiger partial charge in [-0.25, -0.2) is 8.42 Å². The molecule has 3 aromatic carbocycles. The van der Waals surface area contributed by atoms with Crippen molar-refractivity contribution in [2.24, 2.45) is 0 Å². The van der Waals surface area contributed by atoms with Crippen molar-refractivity contribution in [1.82, 2.24) is 4.72 Å². The molecule has 0 saturated heterocycles. The van der Waals surface area contributed by atoms with E-state index in [0.29, 0.717) is 36.1 Å². The van der Waals surface area contributed by atoms with Crippen molar-refractivity contribution in [3.63, 3.8) is 0 Å². The maximum atomic E-state index is 13.5. The van der Waals surface area contributed by atoms with Crippen LogP contribution in [-0.2, 0) is 10.0 Å². The SMILES string of the molecule is C=Cc1ccccc1[C@H](NS(=O)(=O)c1ccc2c(c1)OCCCO2)c1cc2ccccc2o1. The second kappa shape index (κ2) is 8.77. The van der Waals surface area contributed by atoms with Crippen molar-refractivity contribution in [3.05, 3.63) is 96.3 Å². The van der Waals surface area contributed by atoms with Gasteiger partial charge in [0, 0.05) is 17.9 Å². The minimum absolute atomic E-state index is 0.0870. The van der Waals surface area contributed by atoms with E-state index >= 15 is 0 Å². The molecular formula is C26H23NO5S. The molecule has 1 N–H and O–H groups in total. The van der Waals surface area contributed by atoms with Crippen molar-refractivity contribution < 1.29 is 22.3 Å². The third kappa shape index (κ3) is 4.25. The number of ether oxygens (including phenoxy) is 2. The highest BCUT2D eigenvalue weighted by Gasteiger charge is 2.28. The Hall–Kier alpha value is -3.55. The number of para-hydroxylation sites is 1. The first kappa shape index (κ1) is 21.3. The fraction of sp³-hybridized carbons (Fsp3) is 0.154. The van der Waals surface area contributed by atoms with Crippen molar-refractivity contribution in [2.75, 3.05) is 13.2 Å². The van der Waals surface area contributed by atoms with E-state index in [9.17, 15) is 8.42 Å². The van der Waals surface area contributed by atoms with E-state index < -0.39 is 16.1 Å². The number of hydrogen-bond acceptors (Lipinski definition) is 5. The topological polar surface area (TPSA) is 77.8 Å². The summed E-state index contributed by atoms with van der Waals surface area (Å²) < 4.78 is 47.2. The summed E-state index contributed by atoms with van der Waals surface area (Å²) in [6.45, 7) is 4.89. The summed E-state index contributed by atoms with van der Waals surface area (Å²) in [6.07, 6.45) is 2.44. The van der Waals surface area contributed by atoms with Gasteiger partial charge >= 0.3 is 0 Å². The Balaban J connectivity index is 1.58. The summed E-state index contributed by atoms with van der Waals surface area (Å²) in [5.74, 6) is 1.45. The molecule has 0 amide bonds. The molecule has 4 aromatic rings. The van der Waals surface area contributed by atoms with Crippen molar-refractivity contribution in [3.8, 4) is 11.5 Å². The number of fused-ring (bicyclic) bond motifs is 2. The third-order valence-electron chi connectivity index (χ3n) is 5.56. The van der Waals surface area contributed by atoms with E-state index in [-0.39, 0.29) is 4.90 Å². The Bertz CT molecular complexity index is 1390. The molecule has 1 atom stereocenters. The molecule has 0 aliphatic carbocycles. The van der Waals surface area contributed by atoms with Crippen LogP contribution in [0.2, 0.25) is 0 Å². The molecule has 0 spiro atoms. The Morgan fingerprint density at radius 1 is 0.909 bits per heavy atom. The standard InChI is InChI=1S/C26H23NO5S/c1-2-18-8-3-5-10-21(18)26(25-16-19-9-4-6-11-22(19)32-25)27-33(28,29)20-12-13-23-24(17-20)31-15-7-14-30-23/h2-6,8-13,16-17,26-27H,1,7,14-15H2/t26-/m0/s1. The van der Waals surface area contributed by atoms with Crippen LogP contribution in [0.15, 0.2) is 88.7 Å². The smallest absolute Gasteiger partial charge is 0.241 e. The molecule has 0 fully saturated rings. The molecule has 1 aliphatic rings. The monoisotopic (exact) mass is 461 g/mol. The molecule has 5 rings (SSSR count). The number of hydrogen-bond donors (Lipinski definition) is 1. The zero-order valence-electron chi connectivity index (χ0n) is 17.9. The van der Waals surface area contributed by atoms with Gasteiger partial charge in [-0.3, -0.25) is 0 Å². The van der Waals surface area contributed by atoms with Gasteiger partial charge in [0.15, 0.2) is 11.5 Å². The van der Waals surface area contributed by atoms with Crippen LogP contribution in [0.1, 0.15) is 29.3 Å². The van der Waals surface area contributed by atoms with Crippen molar-refractivity contribution in [1.29, 1.82) is 0 Å². The lowest BCUT2D eigenvalue weighted by molar-refractivity contribution is 0.297. The van der Waals surface area contributed by atoms with Crippen molar-refractivity contribution in [2.45, 2.75) is 17.4 Å². The molecule has 0 unspecified atom stereocenters. The van der Waals surface area contributed by atoms with E-state index in [0.717, 1.165) is 22.9 Å². The summed E-state index contributed by atoms with van der Waals surface area (Å²) in [5, 5.41) is 0.892. The highest BCUT2D eigenvalue weighted by molar-refractivity contribution is 7.89. The van der Waals surface area contributed by atoms with Gasteiger partial charge in [0.1, 0.15) is 17.4 Å². The fourth-order valence-corrected chi connectivity index (χ4v) is 5.11. The highest BCUT2D eigenvalue weighted by Crippen LogP contribution is 2.35. The van der Waals surface area contributed by atoms with Gasteiger partial charge in [0.25, 0.3) is 0 Å². The van der Waals surface area contributed by atoms with Crippen LogP contribution < -0.4 is 14.2 Å². The Morgan fingerprint density at radius 2 is 1.67 bits per heavy atom. The van der Waals surface area contributed by atoms with Gasteiger partial charge in [-0.2, -0.15) is 4.72 Å². The lowest BCUT2D eigenvalue weighted by Crippen LogP contribution is -2.29. The van der Waals surface area contributed by atoms with Crippen LogP contribution in [0.5, 0.6) is 11.5 Å². The highest BCUT2D eigenvalue weighted by atomic mass is 32.2. The van der Waals surface area contributed by atoms with Gasteiger partial charge in [0.2, 0.25) is 10.0 Å². The molecule has 0 bridgehead atoms. The number of nitrogens with one attached hydrogen (secondary N) is 1. The number of rotatable bonds is 6. The van der Waals surface area contributed by atoms with E-state index in [4.69, 9.17) is 13.9 Å². The van der Waals surface area contributed by atoms with Gasteiger partial charge < -0.3 is 13.9 Å². The van der Waals surface area contributed by atoms with Crippen LogP contribution in [0, 0.1) is 0 Å². The summed E-state index contributed by atoms with van der Waals surface area (Å²) in [5.41, 5.74) is 2.23. The predicted octanol–water partition coefficient (Wildman–Crippen LogP) is 5.31. The molecule has 1 aliphatic heterocycles. The van der Waals surface area contributed by atoms with Gasteiger partial charge in [-0.15, -0.1) is 0 Å². The summed E-state index contributed by atoms with van der Waals surface area (Å²) in [4.78, 5) is 0.0870. The third-order valence-corrected chi connectivity index (χ3v) is 6.98. The van der Waals surface area contributed by atoms with Crippen molar-refractivity contribution >= 4 is 27.1 Å². The summed E-state index contributed by atoms with van der Waals surface area (Å²) in [7, 11) is -3.94. The maximum absolute atomic E-state index is 13.5. The molecule has 168 valence electrons. The molecule has 33 heavy (non-hydrogen) atoms. The first-order valence-electron chi connectivity index (χ1n) is 10.7. The normalized spacial score (nSPS) is 14.5. The quantitative estimate of drug-likeness (QED) is 0.421. The molecular weight excluding hydrogens is 438 g/mol. The van der Waals surface area contributed by atoms with Gasteiger partial charge in [-0.05, 0) is 35.4 Å². The molecule has 0 saturated carbocycles. The minimum Gasteiger partial charge on any atom is -0.490 e. The lowest BCUT2D eigenvalue weighted by atomic mass is 9.99. The first-order chi connectivity index (χ1) is 16.0. The van der Waals surface area contributed by atoms with E-state index in [1.807, 2.05) is 54.6 Å². The van der Waals surface area contributed by atoms with Gasteiger partial charge in [-0.1, -0.05) is 55.1 Å².